The van der Waals surface area contributed by atoms with E-state index in [-0.39, 0.29) is 24.3 Å². The van der Waals surface area contributed by atoms with Gasteiger partial charge in [0.2, 0.25) is 0 Å². The smallest absolute Gasteiger partial charge is 0.307 e. The average Bonchev–Trinajstić information content (AvgIpc) is 2.61. The monoisotopic (exact) mass is 397 g/mol. The first-order valence-corrected chi connectivity index (χ1v) is 9.00. The van der Waals surface area contributed by atoms with Crippen LogP contribution in [0.1, 0.15) is 37.8 Å². The second kappa shape index (κ2) is 11.6. The number of esters is 2. The third-order valence-corrected chi connectivity index (χ3v) is 4.21. The Kier molecular flexibility index (Phi) is 9.89. The molecule has 27 heavy (non-hydrogen) atoms. The summed E-state index contributed by atoms with van der Waals surface area (Å²) in [6.45, 7) is 6.07. The van der Waals surface area contributed by atoms with Crippen LogP contribution in [0, 0.1) is 0 Å². The Bertz CT molecular complexity index is 652. The van der Waals surface area contributed by atoms with Crippen molar-refractivity contribution in [3.8, 4) is 5.75 Å². The highest BCUT2D eigenvalue weighted by Crippen LogP contribution is 2.35. The second-order valence-electron chi connectivity index (χ2n) is 6.01. The van der Waals surface area contributed by atoms with Crippen molar-refractivity contribution in [2.75, 3.05) is 40.0 Å². The molecule has 2 rings (SSSR count). The molecule has 0 saturated heterocycles. The van der Waals surface area contributed by atoms with E-state index >= 15 is 0 Å². The van der Waals surface area contributed by atoms with Crippen molar-refractivity contribution in [2.24, 2.45) is 0 Å². The van der Waals surface area contributed by atoms with Crippen molar-refractivity contribution in [1.29, 1.82) is 0 Å². The number of carbonyl (C=O) groups is 2. The van der Waals surface area contributed by atoms with E-state index < -0.39 is 0 Å². The van der Waals surface area contributed by atoms with Gasteiger partial charge in [-0.25, -0.2) is 0 Å². The fourth-order valence-corrected chi connectivity index (χ4v) is 2.86. The molecule has 150 valence electrons. The normalized spacial score (nSPS) is 11.6. The molecular formula is C20H28ClNO5. The number of hydrogen-bond donors (Lipinski definition) is 0. The van der Waals surface area contributed by atoms with Crippen molar-refractivity contribution in [3.63, 3.8) is 0 Å². The Balaban J connectivity index is 0.00000364. The van der Waals surface area contributed by atoms with Crippen LogP contribution in [-0.2, 0) is 19.1 Å². The summed E-state index contributed by atoms with van der Waals surface area (Å²) in [6.07, 6.45) is 2.72. The first-order chi connectivity index (χ1) is 12.6. The van der Waals surface area contributed by atoms with Gasteiger partial charge < -0.3 is 14.2 Å². The maximum Gasteiger partial charge on any atom is 0.307 e. The zero-order chi connectivity index (χ0) is 18.9. The molecular weight excluding hydrogens is 370 g/mol. The number of methoxy groups -OCH3 is 1. The lowest BCUT2D eigenvalue weighted by Gasteiger charge is -2.28. The van der Waals surface area contributed by atoms with Crippen molar-refractivity contribution < 1.29 is 23.8 Å². The number of carbonyl (C=O) groups excluding carboxylic acids is 2. The van der Waals surface area contributed by atoms with E-state index in [0.717, 1.165) is 11.3 Å². The molecule has 0 atom stereocenters. The van der Waals surface area contributed by atoms with Crippen LogP contribution in [0.5, 0.6) is 5.75 Å². The summed E-state index contributed by atoms with van der Waals surface area (Å²) in [5.41, 5.74) is 3.50. The number of nitrogens with zero attached hydrogens (tertiary/aromatic N) is 1. The van der Waals surface area contributed by atoms with Crippen LogP contribution < -0.4 is 4.74 Å². The molecule has 0 bridgehead atoms. The van der Waals surface area contributed by atoms with E-state index in [1.165, 1.54) is 11.1 Å². The highest BCUT2D eigenvalue weighted by Gasteiger charge is 2.21. The Morgan fingerprint density at radius 2 is 1.59 bits per heavy atom. The van der Waals surface area contributed by atoms with E-state index in [4.69, 9.17) is 14.2 Å². The molecule has 0 saturated carbocycles. The lowest BCUT2D eigenvalue weighted by molar-refractivity contribution is -0.143. The van der Waals surface area contributed by atoms with Crippen LogP contribution in [0.4, 0.5) is 0 Å². The van der Waals surface area contributed by atoms with Gasteiger partial charge in [0.25, 0.3) is 0 Å². The quantitative estimate of drug-likeness (QED) is 0.534. The number of ether oxygens (including phenoxy) is 3. The minimum absolute atomic E-state index is 0. The lowest BCUT2D eigenvalue weighted by Crippen LogP contribution is -2.32. The molecule has 0 fully saturated rings. The second-order valence-corrected chi connectivity index (χ2v) is 6.01. The van der Waals surface area contributed by atoms with E-state index in [2.05, 4.69) is 11.0 Å². The highest BCUT2D eigenvalue weighted by atomic mass is 35.5. The highest BCUT2D eigenvalue weighted by molar-refractivity contribution is 5.96. The minimum Gasteiger partial charge on any atom is -0.497 e. The van der Waals surface area contributed by atoms with Crippen molar-refractivity contribution in [1.82, 2.24) is 4.90 Å². The number of hydrogen-bond acceptors (Lipinski definition) is 6. The summed E-state index contributed by atoms with van der Waals surface area (Å²) in [7, 11) is 1.65. The topological polar surface area (TPSA) is 65.1 Å². The van der Waals surface area contributed by atoms with Gasteiger partial charge in [-0.15, -0.1) is 12.4 Å². The predicted molar refractivity (Wildman–Crippen MR) is 107 cm³/mol. The summed E-state index contributed by atoms with van der Waals surface area (Å²) in [6, 6.07) is 5.98. The van der Waals surface area contributed by atoms with Crippen LogP contribution in [0.3, 0.4) is 0 Å². The first kappa shape index (κ1) is 23.0. The van der Waals surface area contributed by atoms with Crippen LogP contribution in [0.15, 0.2) is 18.2 Å². The van der Waals surface area contributed by atoms with Crippen LogP contribution in [-0.4, -0.2) is 56.8 Å². The standard InChI is InChI=1S/C20H27NO5.ClH/c1-4-25-19(22)8-10-21(11-9-20(23)26-5-2)14-16-12-15-6-7-17(24-3)13-18(15)16;/h6-7,12-13H,4-5,8-11,14H2,1-3H3;1H. The molecule has 0 spiro atoms. The Morgan fingerprint density at radius 3 is 2.11 bits per heavy atom. The van der Waals surface area contributed by atoms with Crippen molar-refractivity contribution in [2.45, 2.75) is 26.7 Å². The number of fused-ring (bicyclic) bond motifs is 1. The van der Waals surface area contributed by atoms with E-state index in [9.17, 15) is 9.59 Å². The first-order valence-electron chi connectivity index (χ1n) is 9.00. The molecule has 0 aliphatic heterocycles. The maximum atomic E-state index is 11.7. The third kappa shape index (κ3) is 6.88. The molecule has 1 aromatic rings. The average molecular weight is 398 g/mol. The number of rotatable bonds is 11. The maximum absolute atomic E-state index is 11.7. The third-order valence-electron chi connectivity index (χ3n) is 4.21. The molecule has 1 aliphatic carbocycles. The van der Waals surface area contributed by atoms with Crippen LogP contribution in [0.25, 0.3) is 11.6 Å². The Hall–Kier alpha value is -2.05. The Labute approximate surface area is 166 Å². The van der Waals surface area contributed by atoms with Gasteiger partial charge in [0.05, 0.1) is 33.2 Å². The van der Waals surface area contributed by atoms with E-state index in [1.807, 2.05) is 18.2 Å². The van der Waals surface area contributed by atoms with Gasteiger partial charge in [-0.2, -0.15) is 0 Å². The van der Waals surface area contributed by atoms with Gasteiger partial charge in [-0.3, -0.25) is 14.5 Å². The molecule has 0 radical (unpaired) electrons. The van der Waals surface area contributed by atoms with Gasteiger partial charge >= 0.3 is 11.9 Å². The molecule has 0 unspecified atom stereocenters. The minimum atomic E-state index is -0.224. The molecule has 0 heterocycles. The van der Waals surface area contributed by atoms with Gasteiger partial charge in [-0.05, 0) is 48.8 Å². The van der Waals surface area contributed by atoms with Crippen molar-refractivity contribution >= 4 is 36.0 Å². The zero-order valence-corrected chi connectivity index (χ0v) is 17.0. The van der Waals surface area contributed by atoms with Gasteiger partial charge in [0.1, 0.15) is 5.75 Å². The summed E-state index contributed by atoms with van der Waals surface area (Å²) < 4.78 is 15.3. The van der Waals surface area contributed by atoms with Crippen LogP contribution >= 0.6 is 12.4 Å². The summed E-state index contributed by atoms with van der Waals surface area (Å²) in [4.78, 5) is 25.4. The zero-order valence-electron chi connectivity index (χ0n) is 16.2. The summed E-state index contributed by atoms with van der Waals surface area (Å²) >= 11 is 0. The van der Waals surface area contributed by atoms with Gasteiger partial charge in [-0.1, -0.05) is 6.07 Å². The van der Waals surface area contributed by atoms with E-state index in [0.29, 0.717) is 45.7 Å². The number of halogens is 1. The van der Waals surface area contributed by atoms with E-state index in [1.54, 1.807) is 21.0 Å². The summed E-state index contributed by atoms with van der Waals surface area (Å²) in [5.74, 6) is 0.371. The molecule has 0 aromatic heterocycles. The molecule has 0 N–H and O–H groups in total. The molecule has 6 nitrogen and oxygen atoms in total. The summed E-state index contributed by atoms with van der Waals surface area (Å²) in [5, 5.41) is 0. The van der Waals surface area contributed by atoms with Gasteiger partial charge in [0, 0.05) is 19.6 Å². The number of benzene rings is 1. The molecule has 0 amide bonds. The fraction of sp³-hybridized carbons (Fsp3) is 0.500. The van der Waals surface area contributed by atoms with Crippen molar-refractivity contribution in [3.05, 3.63) is 29.3 Å². The van der Waals surface area contributed by atoms with Gasteiger partial charge in [0.15, 0.2) is 0 Å². The SMILES string of the molecule is CCOC(=O)CCN(CCC(=O)OCC)CC1=Cc2ccc(OC)cc21.Cl. The van der Waals surface area contributed by atoms with Crippen LogP contribution in [0.2, 0.25) is 0 Å². The molecule has 1 aliphatic rings. The Morgan fingerprint density at radius 1 is 1.00 bits per heavy atom. The molecule has 7 heteroatoms. The largest absolute Gasteiger partial charge is 0.497 e. The fourth-order valence-electron chi connectivity index (χ4n) is 2.86. The predicted octanol–water partition coefficient (Wildman–Crippen LogP) is 3.18. The lowest BCUT2D eigenvalue weighted by atomic mass is 9.88. The molecule has 1 aromatic carbocycles.